The van der Waals surface area contributed by atoms with Gasteiger partial charge in [0.2, 0.25) is 5.78 Å². The summed E-state index contributed by atoms with van der Waals surface area (Å²) < 4.78 is 5.18. The molecule has 4 heteroatoms. The predicted molar refractivity (Wildman–Crippen MR) is 95.9 cm³/mol. The van der Waals surface area contributed by atoms with E-state index in [-0.39, 0.29) is 18.0 Å². The molecular weight excluding hydrogens is 312 g/mol. The maximum Gasteiger partial charge on any atom is 0.203 e. The van der Waals surface area contributed by atoms with Crippen LogP contribution in [0.25, 0.3) is 6.08 Å². The van der Waals surface area contributed by atoms with Crippen molar-refractivity contribution in [1.82, 2.24) is 0 Å². The molecule has 0 amide bonds. The zero-order chi connectivity index (χ0) is 18.1. The fraction of sp³-hybridized carbons (Fsp3) is 0.190. The molecule has 25 heavy (non-hydrogen) atoms. The van der Waals surface area contributed by atoms with Gasteiger partial charge < -0.3 is 4.74 Å². The van der Waals surface area contributed by atoms with E-state index < -0.39 is 0 Å². The Morgan fingerprint density at radius 2 is 1.76 bits per heavy atom. The van der Waals surface area contributed by atoms with Crippen LogP contribution in [-0.2, 0) is 6.42 Å². The molecule has 0 saturated carbocycles. The van der Waals surface area contributed by atoms with Crippen molar-refractivity contribution in [1.29, 1.82) is 10.5 Å². The van der Waals surface area contributed by atoms with Gasteiger partial charge in [0, 0.05) is 5.56 Å². The Hall–Kier alpha value is -3.37. The lowest BCUT2D eigenvalue weighted by Gasteiger charge is -2.04. The van der Waals surface area contributed by atoms with Gasteiger partial charge in [-0.1, -0.05) is 49.7 Å². The van der Waals surface area contributed by atoms with E-state index >= 15 is 0 Å². The van der Waals surface area contributed by atoms with Gasteiger partial charge in [-0.3, -0.25) is 4.79 Å². The van der Waals surface area contributed by atoms with Crippen molar-refractivity contribution >= 4 is 11.9 Å². The van der Waals surface area contributed by atoms with Crippen molar-refractivity contribution in [3.63, 3.8) is 0 Å². The molecule has 2 aromatic carbocycles. The number of benzene rings is 2. The third kappa shape index (κ3) is 5.06. The van der Waals surface area contributed by atoms with Gasteiger partial charge in [-0.25, -0.2) is 0 Å². The van der Waals surface area contributed by atoms with Crippen LogP contribution in [0.2, 0.25) is 0 Å². The predicted octanol–water partition coefficient (Wildman–Crippen LogP) is 4.33. The summed E-state index contributed by atoms with van der Waals surface area (Å²) in [5, 5.41) is 17.8. The number of carbonyl (C=O) groups is 1. The Morgan fingerprint density at radius 1 is 1.08 bits per heavy atom. The summed E-state index contributed by atoms with van der Waals surface area (Å²) in [6, 6.07) is 18.1. The topological polar surface area (TPSA) is 73.9 Å². The summed E-state index contributed by atoms with van der Waals surface area (Å²) in [6.45, 7) is 2.08. The molecule has 4 nitrogen and oxygen atoms in total. The summed E-state index contributed by atoms with van der Waals surface area (Å²) in [5.74, 6) is 0.269. The zero-order valence-electron chi connectivity index (χ0n) is 14.0. The number of rotatable bonds is 7. The Morgan fingerprint density at radius 3 is 2.32 bits per heavy atom. The summed E-state index contributed by atoms with van der Waals surface area (Å²) in [7, 11) is 0. The van der Waals surface area contributed by atoms with Crippen LogP contribution in [0.5, 0.6) is 5.75 Å². The number of hydrogen-bond donors (Lipinski definition) is 0. The van der Waals surface area contributed by atoms with Crippen LogP contribution >= 0.6 is 0 Å². The van der Waals surface area contributed by atoms with E-state index in [1.807, 2.05) is 24.3 Å². The lowest BCUT2D eigenvalue weighted by Crippen LogP contribution is -2.02. The van der Waals surface area contributed by atoms with Crippen molar-refractivity contribution in [3.05, 3.63) is 70.8 Å². The van der Waals surface area contributed by atoms with Gasteiger partial charge in [0.25, 0.3) is 0 Å². The highest BCUT2D eigenvalue weighted by Gasteiger charge is 2.12. The minimum Gasteiger partial charge on any atom is -0.479 e. The first-order valence-electron chi connectivity index (χ1n) is 8.03. The second-order valence-electron chi connectivity index (χ2n) is 5.46. The quantitative estimate of drug-likeness (QED) is 0.430. The standard InChI is InChI=1S/C21H18N2O2/c1-2-3-16-4-8-18(9-5-16)21(24)19(15-23)14-17-6-10-20(11-7-17)25-13-12-22/h4-11,14H,2-3,13H2,1H3/b19-14+. The van der Waals surface area contributed by atoms with Crippen LogP contribution in [-0.4, -0.2) is 12.4 Å². The minimum absolute atomic E-state index is 0.0227. The Kier molecular flexibility index (Phi) is 6.51. The number of allylic oxidation sites excluding steroid dienone is 1. The summed E-state index contributed by atoms with van der Waals surface area (Å²) in [4.78, 5) is 12.5. The molecule has 0 aromatic heterocycles. The SMILES string of the molecule is CCCc1ccc(C(=O)/C(C#N)=C/c2ccc(OCC#N)cc2)cc1. The molecule has 2 rings (SSSR count). The molecule has 0 aliphatic heterocycles. The number of aryl methyl sites for hydroxylation is 1. The highest BCUT2D eigenvalue weighted by molar-refractivity contribution is 6.14. The lowest BCUT2D eigenvalue weighted by molar-refractivity contribution is 0.104. The van der Waals surface area contributed by atoms with Crippen molar-refractivity contribution in [3.8, 4) is 17.9 Å². The van der Waals surface area contributed by atoms with Crippen LogP contribution < -0.4 is 4.74 Å². The first kappa shape index (κ1) is 18.0. The average molecular weight is 330 g/mol. The van der Waals surface area contributed by atoms with Crippen molar-refractivity contribution in [2.75, 3.05) is 6.61 Å². The normalized spacial score (nSPS) is 10.6. The third-order valence-electron chi connectivity index (χ3n) is 3.61. The monoisotopic (exact) mass is 330 g/mol. The number of nitriles is 2. The summed E-state index contributed by atoms with van der Waals surface area (Å²) in [6.07, 6.45) is 3.57. The van der Waals surface area contributed by atoms with Gasteiger partial charge in [-0.05, 0) is 35.8 Å². The Bertz CT molecular complexity index is 835. The maximum absolute atomic E-state index is 12.5. The van der Waals surface area contributed by atoms with Crippen LogP contribution in [0.1, 0.15) is 34.8 Å². The highest BCUT2D eigenvalue weighted by Crippen LogP contribution is 2.17. The number of ether oxygens (including phenoxy) is 1. The van der Waals surface area contributed by atoms with E-state index in [4.69, 9.17) is 10.00 Å². The molecular formula is C21H18N2O2. The molecule has 0 radical (unpaired) electrons. The molecule has 0 aliphatic carbocycles. The maximum atomic E-state index is 12.5. The van der Waals surface area contributed by atoms with Gasteiger partial charge in [-0.15, -0.1) is 0 Å². The molecule has 0 N–H and O–H groups in total. The first-order chi connectivity index (χ1) is 12.2. The molecule has 0 heterocycles. The number of hydrogen-bond acceptors (Lipinski definition) is 4. The Labute approximate surface area is 147 Å². The molecule has 0 aliphatic rings. The molecule has 0 unspecified atom stereocenters. The van der Waals surface area contributed by atoms with Crippen molar-refractivity contribution in [2.24, 2.45) is 0 Å². The first-order valence-corrected chi connectivity index (χ1v) is 8.03. The number of ketones is 1. The van der Waals surface area contributed by atoms with E-state index in [2.05, 4.69) is 6.92 Å². The van der Waals surface area contributed by atoms with Gasteiger partial charge in [-0.2, -0.15) is 10.5 Å². The van der Waals surface area contributed by atoms with Crippen LogP contribution in [0.15, 0.2) is 54.1 Å². The molecule has 0 bridgehead atoms. The minimum atomic E-state index is -0.296. The number of Topliss-reactive ketones (excluding diaryl/α,β-unsaturated/α-hetero) is 1. The van der Waals surface area contributed by atoms with Crippen molar-refractivity contribution < 1.29 is 9.53 Å². The second kappa shape index (κ2) is 9.05. The number of carbonyl (C=O) groups excluding carboxylic acids is 1. The largest absolute Gasteiger partial charge is 0.479 e. The average Bonchev–Trinajstić information content (AvgIpc) is 2.65. The second-order valence-corrected chi connectivity index (χ2v) is 5.46. The Balaban J connectivity index is 2.17. The van der Waals surface area contributed by atoms with Gasteiger partial charge in [0.1, 0.15) is 23.5 Å². The van der Waals surface area contributed by atoms with Gasteiger partial charge >= 0.3 is 0 Å². The summed E-state index contributed by atoms with van der Waals surface area (Å²) >= 11 is 0. The van der Waals surface area contributed by atoms with E-state index in [9.17, 15) is 10.1 Å². The van der Waals surface area contributed by atoms with E-state index in [0.29, 0.717) is 11.3 Å². The smallest absolute Gasteiger partial charge is 0.203 e. The van der Waals surface area contributed by atoms with Gasteiger partial charge in [0.05, 0.1) is 0 Å². The summed E-state index contributed by atoms with van der Waals surface area (Å²) in [5.41, 5.74) is 2.47. The molecule has 0 fully saturated rings. The third-order valence-corrected chi connectivity index (χ3v) is 3.61. The lowest BCUT2D eigenvalue weighted by atomic mass is 10.00. The molecule has 124 valence electrons. The van der Waals surface area contributed by atoms with Crippen molar-refractivity contribution in [2.45, 2.75) is 19.8 Å². The molecule has 0 saturated heterocycles. The highest BCUT2D eigenvalue weighted by atomic mass is 16.5. The fourth-order valence-corrected chi connectivity index (χ4v) is 2.36. The van der Waals surface area contributed by atoms with Crippen LogP contribution in [0, 0.1) is 22.7 Å². The van der Waals surface area contributed by atoms with Gasteiger partial charge in [0.15, 0.2) is 6.61 Å². The van der Waals surface area contributed by atoms with E-state index in [1.165, 1.54) is 5.56 Å². The molecule has 0 spiro atoms. The molecule has 0 atom stereocenters. The van der Waals surface area contributed by atoms with E-state index in [1.54, 1.807) is 42.5 Å². The zero-order valence-corrected chi connectivity index (χ0v) is 14.0. The van der Waals surface area contributed by atoms with E-state index in [0.717, 1.165) is 18.4 Å². The number of nitrogens with zero attached hydrogens (tertiary/aromatic N) is 2. The van der Waals surface area contributed by atoms with Crippen LogP contribution in [0.3, 0.4) is 0 Å². The molecule has 2 aromatic rings. The fourth-order valence-electron chi connectivity index (χ4n) is 2.36. The van der Waals surface area contributed by atoms with Crippen LogP contribution in [0.4, 0.5) is 0 Å².